The van der Waals surface area contributed by atoms with Gasteiger partial charge in [0, 0.05) is 13.1 Å². The van der Waals surface area contributed by atoms with E-state index in [1.165, 1.54) is 0 Å². The monoisotopic (exact) mass is 270 g/mol. The molecule has 1 saturated carbocycles. The second-order valence-corrected chi connectivity index (χ2v) is 5.95. The molecule has 2 N–H and O–H groups in total. The Bertz CT molecular complexity index is 338. The third kappa shape index (κ3) is 3.85. The molecule has 1 aliphatic rings. The molecule has 5 heteroatoms. The lowest BCUT2D eigenvalue weighted by molar-refractivity contribution is -0.143. The molecule has 5 nitrogen and oxygen atoms in total. The van der Waals surface area contributed by atoms with Crippen molar-refractivity contribution in [2.45, 2.75) is 64.5 Å². The molecule has 1 aliphatic carbocycles. The number of carboxylic acid groups (broad SMARTS) is 1. The Labute approximate surface area is 115 Å². The van der Waals surface area contributed by atoms with Crippen LogP contribution in [0.25, 0.3) is 0 Å². The number of urea groups is 1. The maximum atomic E-state index is 12.2. The SMILES string of the molecule is CCC(C)(NC(=O)N(C)C1CCC(C)CC1)C(=O)O. The quantitative estimate of drug-likeness (QED) is 0.824. The molecular formula is C14H26N2O3. The molecule has 1 atom stereocenters. The van der Waals surface area contributed by atoms with Crippen LogP contribution in [0.2, 0.25) is 0 Å². The molecule has 0 radical (unpaired) electrons. The van der Waals surface area contributed by atoms with Crippen molar-refractivity contribution in [1.29, 1.82) is 0 Å². The van der Waals surface area contributed by atoms with Crippen LogP contribution in [-0.2, 0) is 4.79 Å². The Balaban J connectivity index is 2.60. The van der Waals surface area contributed by atoms with Crippen molar-refractivity contribution in [2.24, 2.45) is 5.92 Å². The predicted molar refractivity (Wildman–Crippen MR) is 74.0 cm³/mol. The molecule has 0 aromatic carbocycles. The van der Waals surface area contributed by atoms with Crippen LogP contribution in [0.3, 0.4) is 0 Å². The van der Waals surface area contributed by atoms with Gasteiger partial charge in [-0.1, -0.05) is 13.8 Å². The molecule has 1 unspecified atom stereocenters. The molecule has 0 bridgehead atoms. The van der Waals surface area contributed by atoms with Gasteiger partial charge in [-0.2, -0.15) is 0 Å². The highest BCUT2D eigenvalue weighted by atomic mass is 16.4. The second kappa shape index (κ2) is 6.26. The number of hydrogen-bond acceptors (Lipinski definition) is 2. The zero-order valence-corrected chi connectivity index (χ0v) is 12.4. The fourth-order valence-corrected chi connectivity index (χ4v) is 2.41. The van der Waals surface area contributed by atoms with E-state index in [4.69, 9.17) is 0 Å². The molecule has 0 heterocycles. The number of rotatable bonds is 4. The highest BCUT2D eigenvalue weighted by Gasteiger charge is 2.35. The van der Waals surface area contributed by atoms with Crippen LogP contribution in [0.15, 0.2) is 0 Å². The molecular weight excluding hydrogens is 244 g/mol. The minimum absolute atomic E-state index is 0.228. The summed E-state index contributed by atoms with van der Waals surface area (Å²) < 4.78 is 0. The van der Waals surface area contributed by atoms with Crippen molar-refractivity contribution < 1.29 is 14.7 Å². The number of nitrogens with one attached hydrogen (secondary N) is 1. The van der Waals surface area contributed by atoms with Crippen LogP contribution in [0.4, 0.5) is 4.79 Å². The van der Waals surface area contributed by atoms with Crippen LogP contribution in [0, 0.1) is 5.92 Å². The number of hydrogen-bond donors (Lipinski definition) is 2. The van der Waals surface area contributed by atoms with E-state index in [9.17, 15) is 14.7 Å². The van der Waals surface area contributed by atoms with Gasteiger partial charge in [-0.3, -0.25) is 0 Å². The average Bonchev–Trinajstić information content (AvgIpc) is 2.38. The van der Waals surface area contributed by atoms with Gasteiger partial charge in [0.2, 0.25) is 0 Å². The predicted octanol–water partition coefficient (Wildman–Crippen LogP) is 2.46. The first-order valence-corrected chi connectivity index (χ1v) is 7.08. The van der Waals surface area contributed by atoms with Crippen molar-refractivity contribution in [3.63, 3.8) is 0 Å². The summed E-state index contributed by atoms with van der Waals surface area (Å²) in [6.07, 6.45) is 4.63. The molecule has 2 amide bonds. The normalized spacial score (nSPS) is 26.3. The molecule has 0 aliphatic heterocycles. The van der Waals surface area contributed by atoms with Crippen molar-refractivity contribution in [3.05, 3.63) is 0 Å². The van der Waals surface area contributed by atoms with E-state index in [1.54, 1.807) is 25.8 Å². The van der Waals surface area contributed by atoms with Gasteiger partial charge >= 0.3 is 12.0 Å². The fraction of sp³-hybridized carbons (Fsp3) is 0.857. The summed E-state index contributed by atoms with van der Waals surface area (Å²) in [5, 5.41) is 11.8. The van der Waals surface area contributed by atoms with Gasteiger partial charge in [0.05, 0.1) is 0 Å². The third-order valence-corrected chi connectivity index (χ3v) is 4.42. The van der Waals surface area contributed by atoms with Crippen LogP contribution < -0.4 is 5.32 Å². The Morgan fingerprint density at radius 2 is 1.84 bits per heavy atom. The lowest BCUT2D eigenvalue weighted by Crippen LogP contribution is -2.56. The topological polar surface area (TPSA) is 69.6 Å². The van der Waals surface area contributed by atoms with Crippen LogP contribution in [0.5, 0.6) is 0 Å². The third-order valence-electron chi connectivity index (χ3n) is 4.42. The lowest BCUT2D eigenvalue weighted by Gasteiger charge is -2.35. The number of carbonyl (C=O) groups excluding carboxylic acids is 1. The largest absolute Gasteiger partial charge is 0.480 e. The Hall–Kier alpha value is -1.26. The minimum atomic E-state index is -1.19. The van der Waals surface area contributed by atoms with E-state index in [2.05, 4.69) is 12.2 Å². The Morgan fingerprint density at radius 3 is 2.26 bits per heavy atom. The molecule has 1 fully saturated rings. The van der Waals surface area contributed by atoms with Gasteiger partial charge in [-0.05, 0) is 44.9 Å². The summed E-state index contributed by atoms with van der Waals surface area (Å²) in [5.74, 6) is -0.262. The second-order valence-electron chi connectivity index (χ2n) is 5.95. The van der Waals surface area contributed by atoms with E-state index >= 15 is 0 Å². The highest BCUT2D eigenvalue weighted by molar-refractivity contribution is 5.85. The highest BCUT2D eigenvalue weighted by Crippen LogP contribution is 2.26. The first kappa shape index (κ1) is 15.8. The standard InChI is InChI=1S/C14H26N2O3/c1-5-14(3,12(17)18)15-13(19)16(4)11-8-6-10(2)7-9-11/h10-11H,5-9H2,1-4H3,(H,15,19)(H,17,18). The van der Waals surface area contributed by atoms with Crippen molar-refractivity contribution in [2.75, 3.05) is 7.05 Å². The summed E-state index contributed by atoms with van der Waals surface area (Å²) in [4.78, 5) is 25.0. The van der Waals surface area contributed by atoms with E-state index in [0.29, 0.717) is 6.42 Å². The lowest BCUT2D eigenvalue weighted by atomic mass is 9.87. The van der Waals surface area contributed by atoms with Crippen molar-refractivity contribution in [3.8, 4) is 0 Å². The number of carboxylic acids is 1. The van der Waals surface area contributed by atoms with E-state index < -0.39 is 11.5 Å². The molecule has 1 rings (SSSR count). The van der Waals surface area contributed by atoms with Gasteiger partial charge < -0.3 is 15.3 Å². The van der Waals surface area contributed by atoms with Crippen LogP contribution >= 0.6 is 0 Å². The summed E-state index contributed by atoms with van der Waals surface area (Å²) in [5.41, 5.74) is -1.19. The van der Waals surface area contributed by atoms with Gasteiger partial charge in [0.15, 0.2) is 0 Å². The molecule has 0 aromatic rings. The van der Waals surface area contributed by atoms with Gasteiger partial charge in [-0.25, -0.2) is 9.59 Å². The number of amides is 2. The van der Waals surface area contributed by atoms with Crippen molar-refractivity contribution >= 4 is 12.0 Å². The van der Waals surface area contributed by atoms with Gasteiger partial charge in [0.1, 0.15) is 5.54 Å². The zero-order valence-electron chi connectivity index (χ0n) is 12.4. The van der Waals surface area contributed by atoms with Crippen molar-refractivity contribution in [1.82, 2.24) is 10.2 Å². The number of aliphatic carboxylic acids is 1. The maximum Gasteiger partial charge on any atom is 0.329 e. The Kier molecular flexibility index (Phi) is 5.20. The van der Waals surface area contributed by atoms with Gasteiger partial charge in [0.25, 0.3) is 0 Å². The van der Waals surface area contributed by atoms with E-state index in [-0.39, 0.29) is 12.1 Å². The first-order valence-electron chi connectivity index (χ1n) is 7.08. The minimum Gasteiger partial charge on any atom is -0.480 e. The molecule has 0 aromatic heterocycles. The zero-order chi connectivity index (χ0) is 14.6. The molecule has 0 saturated heterocycles. The van der Waals surface area contributed by atoms with Crippen LogP contribution in [0.1, 0.15) is 52.9 Å². The van der Waals surface area contributed by atoms with E-state index in [1.807, 2.05) is 0 Å². The summed E-state index contributed by atoms with van der Waals surface area (Å²) in [6.45, 7) is 5.54. The summed E-state index contributed by atoms with van der Waals surface area (Å²) in [7, 11) is 1.76. The number of carbonyl (C=O) groups is 2. The fourth-order valence-electron chi connectivity index (χ4n) is 2.41. The average molecular weight is 270 g/mol. The molecule has 0 spiro atoms. The first-order chi connectivity index (χ1) is 8.80. The van der Waals surface area contributed by atoms with Gasteiger partial charge in [-0.15, -0.1) is 0 Å². The molecule has 110 valence electrons. The van der Waals surface area contributed by atoms with Crippen LogP contribution in [-0.4, -0.2) is 40.6 Å². The Morgan fingerprint density at radius 1 is 1.32 bits per heavy atom. The summed E-state index contributed by atoms with van der Waals surface area (Å²) >= 11 is 0. The maximum absolute atomic E-state index is 12.2. The summed E-state index contributed by atoms with van der Waals surface area (Å²) in [6, 6.07) is -0.0580. The number of nitrogens with zero attached hydrogens (tertiary/aromatic N) is 1. The molecule has 19 heavy (non-hydrogen) atoms. The van der Waals surface area contributed by atoms with E-state index in [0.717, 1.165) is 31.6 Å². The smallest absolute Gasteiger partial charge is 0.329 e.